The number of carboxylic acids is 1. The van der Waals surface area contributed by atoms with E-state index in [2.05, 4.69) is 0 Å². The molecule has 0 heterocycles. The lowest BCUT2D eigenvalue weighted by Crippen LogP contribution is -2.21. The molecular weight excluding hydrogens is 431 g/mol. The van der Waals surface area contributed by atoms with Gasteiger partial charge in [0, 0.05) is 6.54 Å². The zero-order chi connectivity index (χ0) is 23.9. The summed E-state index contributed by atoms with van der Waals surface area (Å²) in [5.74, 6) is -3.71. The van der Waals surface area contributed by atoms with Crippen LogP contribution in [0.2, 0.25) is 0 Å². The fourth-order valence-electron chi connectivity index (χ4n) is 2.51. The van der Waals surface area contributed by atoms with E-state index in [1.54, 1.807) is 36.4 Å². The van der Waals surface area contributed by atoms with Crippen molar-refractivity contribution in [3.05, 3.63) is 77.4 Å². The van der Waals surface area contributed by atoms with Crippen LogP contribution in [0, 0.1) is 0 Å². The van der Waals surface area contributed by atoms with Crippen LogP contribution < -0.4 is 10.5 Å². The molecule has 0 amide bonds. The highest BCUT2D eigenvalue weighted by atomic mass is 19.4. The Morgan fingerprint density at radius 3 is 1.94 bits per heavy atom. The summed E-state index contributed by atoms with van der Waals surface area (Å²) in [6.07, 6.45) is -5.08. The van der Waals surface area contributed by atoms with Gasteiger partial charge in [0.2, 0.25) is 0 Å². The maximum atomic E-state index is 12.4. The normalized spacial score (nSPS) is 10.7. The smallest absolute Gasteiger partial charge is 0.475 e. The molecule has 3 aromatic rings. The van der Waals surface area contributed by atoms with E-state index in [0.29, 0.717) is 12.1 Å². The maximum Gasteiger partial charge on any atom is 0.490 e. The maximum absolute atomic E-state index is 12.4. The highest BCUT2D eigenvalue weighted by Gasteiger charge is 2.38. The standard InChI is InChI=1S/C20H17NO4.C2HF3O2/c1-24-20(23)17-10-15-4-2-3-5-16(15)11-18(17)25-19(22)14-8-6-13(12-21)7-9-14;3-2(4,5)1(6)7/h2-11H,12,21H2,1H3;(H,6,7). The number of carboxylic acid groups (broad SMARTS) is 1. The molecule has 3 N–H and O–H groups in total. The van der Waals surface area contributed by atoms with Gasteiger partial charge in [-0.3, -0.25) is 0 Å². The number of ether oxygens (including phenoxy) is 2. The molecule has 10 heteroatoms. The number of nitrogens with two attached hydrogens (primary N) is 1. The van der Waals surface area contributed by atoms with Gasteiger partial charge in [0.15, 0.2) is 0 Å². The molecule has 32 heavy (non-hydrogen) atoms. The zero-order valence-electron chi connectivity index (χ0n) is 16.7. The average Bonchev–Trinajstić information content (AvgIpc) is 2.77. The second-order valence-electron chi connectivity index (χ2n) is 6.28. The van der Waals surface area contributed by atoms with Gasteiger partial charge in [0.05, 0.1) is 12.7 Å². The quantitative estimate of drug-likeness (QED) is 0.458. The number of carbonyl (C=O) groups excluding carboxylic acids is 2. The highest BCUT2D eigenvalue weighted by molar-refractivity contribution is 6.00. The van der Waals surface area contributed by atoms with Gasteiger partial charge >= 0.3 is 24.1 Å². The second-order valence-corrected chi connectivity index (χ2v) is 6.28. The van der Waals surface area contributed by atoms with Gasteiger partial charge in [-0.1, -0.05) is 36.4 Å². The lowest BCUT2D eigenvalue weighted by Gasteiger charge is -2.11. The predicted octanol–water partition coefficient (Wildman–Crippen LogP) is 3.94. The van der Waals surface area contributed by atoms with Gasteiger partial charge in [-0.25, -0.2) is 14.4 Å². The molecule has 0 spiro atoms. The van der Waals surface area contributed by atoms with Crippen LogP contribution in [0.1, 0.15) is 26.3 Å². The van der Waals surface area contributed by atoms with Gasteiger partial charge in [-0.15, -0.1) is 0 Å². The topological polar surface area (TPSA) is 116 Å². The third-order valence-corrected chi connectivity index (χ3v) is 4.12. The number of aliphatic carboxylic acids is 1. The van der Waals surface area contributed by atoms with E-state index in [1.807, 2.05) is 24.3 Å². The molecule has 0 unspecified atom stereocenters. The molecule has 0 aliphatic rings. The summed E-state index contributed by atoms with van der Waals surface area (Å²) in [5, 5.41) is 8.84. The summed E-state index contributed by atoms with van der Waals surface area (Å²) in [5.41, 5.74) is 7.05. The number of benzene rings is 3. The Kier molecular flexibility index (Phi) is 7.92. The van der Waals surface area contributed by atoms with Crippen LogP contribution >= 0.6 is 0 Å². The number of rotatable bonds is 4. The van der Waals surface area contributed by atoms with Crippen LogP contribution in [0.4, 0.5) is 13.2 Å². The fraction of sp³-hybridized carbons (Fsp3) is 0.136. The highest BCUT2D eigenvalue weighted by Crippen LogP contribution is 2.27. The van der Waals surface area contributed by atoms with Gasteiger partial charge in [0.25, 0.3) is 0 Å². The second kappa shape index (κ2) is 10.4. The van der Waals surface area contributed by atoms with Crippen molar-refractivity contribution in [2.45, 2.75) is 12.7 Å². The number of hydrogen-bond acceptors (Lipinski definition) is 6. The molecule has 0 saturated carbocycles. The Hall–Kier alpha value is -3.92. The number of methoxy groups -OCH3 is 1. The third kappa shape index (κ3) is 6.29. The molecular formula is C22H18F3NO6. The van der Waals surface area contributed by atoms with Gasteiger partial charge < -0.3 is 20.3 Å². The number of alkyl halides is 3. The van der Waals surface area contributed by atoms with Crippen molar-refractivity contribution in [2.24, 2.45) is 5.73 Å². The summed E-state index contributed by atoms with van der Waals surface area (Å²) >= 11 is 0. The largest absolute Gasteiger partial charge is 0.490 e. The van der Waals surface area contributed by atoms with E-state index < -0.39 is 24.1 Å². The molecule has 0 saturated heterocycles. The Morgan fingerprint density at radius 2 is 1.47 bits per heavy atom. The fourth-order valence-corrected chi connectivity index (χ4v) is 2.51. The minimum Gasteiger partial charge on any atom is -0.475 e. The first-order valence-electron chi connectivity index (χ1n) is 8.99. The Morgan fingerprint density at radius 1 is 0.938 bits per heavy atom. The number of fused-ring (bicyclic) bond motifs is 1. The number of hydrogen-bond donors (Lipinski definition) is 2. The first-order chi connectivity index (χ1) is 15.1. The molecule has 0 atom stereocenters. The van der Waals surface area contributed by atoms with E-state index in [9.17, 15) is 22.8 Å². The Labute approximate surface area is 180 Å². The first kappa shape index (κ1) is 24.4. The van der Waals surface area contributed by atoms with E-state index in [4.69, 9.17) is 25.1 Å². The molecule has 168 valence electrons. The van der Waals surface area contributed by atoms with E-state index >= 15 is 0 Å². The van der Waals surface area contributed by atoms with Crippen molar-refractivity contribution < 1.29 is 42.1 Å². The number of carbonyl (C=O) groups is 3. The summed E-state index contributed by atoms with van der Waals surface area (Å²) in [6.45, 7) is 0.395. The van der Waals surface area contributed by atoms with Crippen molar-refractivity contribution >= 4 is 28.7 Å². The monoisotopic (exact) mass is 449 g/mol. The van der Waals surface area contributed by atoms with Crippen molar-refractivity contribution in [1.29, 1.82) is 0 Å². The molecule has 0 aliphatic carbocycles. The van der Waals surface area contributed by atoms with E-state index in [1.165, 1.54) is 7.11 Å². The minimum absolute atomic E-state index is 0.165. The third-order valence-electron chi connectivity index (χ3n) is 4.12. The molecule has 0 aliphatic heterocycles. The molecule has 3 aromatic carbocycles. The SMILES string of the molecule is COC(=O)c1cc2ccccc2cc1OC(=O)c1ccc(CN)cc1.O=C(O)C(F)(F)F. The minimum atomic E-state index is -5.08. The molecule has 0 fully saturated rings. The first-order valence-corrected chi connectivity index (χ1v) is 8.99. The van der Waals surface area contributed by atoms with E-state index in [0.717, 1.165) is 16.3 Å². The molecule has 0 aromatic heterocycles. The molecule has 0 bridgehead atoms. The summed E-state index contributed by atoms with van der Waals surface area (Å²) in [7, 11) is 1.29. The van der Waals surface area contributed by atoms with Crippen molar-refractivity contribution in [2.75, 3.05) is 7.11 Å². The van der Waals surface area contributed by atoms with Crippen LogP contribution in [-0.2, 0) is 16.1 Å². The number of esters is 2. The van der Waals surface area contributed by atoms with Gasteiger partial charge in [0.1, 0.15) is 11.3 Å². The summed E-state index contributed by atoms with van der Waals surface area (Å²) in [4.78, 5) is 33.4. The Bertz CT molecular complexity index is 1130. The Balaban J connectivity index is 0.000000451. The summed E-state index contributed by atoms with van der Waals surface area (Å²) < 4.78 is 42.0. The lowest BCUT2D eigenvalue weighted by atomic mass is 10.1. The van der Waals surface area contributed by atoms with Crippen molar-refractivity contribution in [3.8, 4) is 5.75 Å². The average molecular weight is 449 g/mol. The predicted molar refractivity (Wildman–Crippen MR) is 108 cm³/mol. The zero-order valence-corrected chi connectivity index (χ0v) is 16.7. The van der Waals surface area contributed by atoms with Gasteiger partial charge in [-0.2, -0.15) is 13.2 Å². The summed E-state index contributed by atoms with van der Waals surface area (Å²) in [6, 6.07) is 17.6. The van der Waals surface area contributed by atoms with Crippen LogP contribution in [-0.4, -0.2) is 36.3 Å². The van der Waals surface area contributed by atoms with Gasteiger partial charge in [-0.05, 0) is 40.6 Å². The molecule has 0 radical (unpaired) electrons. The van der Waals surface area contributed by atoms with Crippen molar-refractivity contribution in [1.82, 2.24) is 0 Å². The lowest BCUT2D eigenvalue weighted by molar-refractivity contribution is -0.192. The van der Waals surface area contributed by atoms with E-state index in [-0.39, 0.29) is 11.3 Å². The number of halogens is 3. The van der Waals surface area contributed by atoms with Crippen LogP contribution in [0.5, 0.6) is 5.75 Å². The van der Waals surface area contributed by atoms with Crippen LogP contribution in [0.15, 0.2) is 60.7 Å². The molecule has 3 rings (SSSR count). The van der Waals surface area contributed by atoms with Crippen molar-refractivity contribution in [3.63, 3.8) is 0 Å². The van der Waals surface area contributed by atoms with Crippen LogP contribution in [0.25, 0.3) is 10.8 Å². The van der Waals surface area contributed by atoms with Crippen LogP contribution in [0.3, 0.4) is 0 Å². The molecule has 7 nitrogen and oxygen atoms in total.